The van der Waals surface area contributed by atoms with Crippen LogP contribution in [0.3, 0.4) is 0 Å². The number of phenols is 1. The number of nitrogens with one attached hydrogen (secondary N) is 1. The van der Waals surface area contributed by atoms with Crippen LogP contribution in [0.4, 0.5) is 5.69 Å². The summed E-state index contributed by atoms with van der Waals surface area (Å²) in [4.78, 5) is 15.8. The number of rotatable bonds is 7. The zero-order chi connectivity index (χ0) is 28.6. The fraction of sp³-hybridized carbons (Fsp3) is 0.500. The van der Waals surface area contributed by atoms with Crippen LogP contribution in [0, 0.1) is 5.92 Å². The van der Waals surface area contributed by atoms with Gasteiger partial charge in [0.05, 0.1) is 41.5 Å². The van der Waals surface area contributed by atoms with Gasteiger partial charge in [0.15, 0.2) is 17.6 Å². The van der Waals surface area contributed by atoms with Crippen LogP contribution in [0.25, 0.3) is 0 Å². The molecule has 1 spiro atoms. The number of carbonyl (C=O) groups is 1. The average molecular weight is 571 g/mol. The highest BCUT2D eigenvalue weighted by Crippen LogP contribution is 2.63. The molecule has 10 heteroatoms. The normalized spacial score (nSPS) is 29.2. The van der Waals surface area contributed by atoms with Crippen molar-refractivity contribution in [3.8, 4) is 23.0 Å². The topological polar surface area (TPSA) is 121 Å². The van der Waals surface area contributed by atoms with Crippen LogP contribution in [0.5, 0.6) is 23.0 Å². The number of fused-ring (bicyclic) bond motifs is 1. The summed E-state index contributed by atoms with van der Waals surface area (Å²) in [6.45, 7) is 4.96. The van der Waals surface area contributed by atoms with Crippen molar-refractivity contribution >= 4 is 23.2 Å². The van der Waals surface area contributed by atoms with Gasteiger partial charge in [-0.3, -0.25) is 9.69 Å². The van der Waals surface area contributed by atoms with Crippen molar-refractivity contribution in [3.05, 3.63) is 51.7 Å². The minimum atomic E-state index is -1.30. The number of hydrogen-bond donors (Lipinski definition) is 4. The summed E-state index contributed by atoms with van der Waals surface area (Å²) in [5.74, 6) is 0.658. The van der Waals surface area contributed by atoms with Gasteiger partial charge in [-0.1, -0.05) is 17.7 Å². The highest BCUT2D eigenvalue weighted by molar-refractivity contribution is 6.32. The van der Waals surface area contributed by atoms with Gasteiger partial charge in [-0.2, -0.15) is 0 Å². The molecule has 1 amide bonds. The minimum absolute atomic E-state index is 0.0162. The van der Waals surface area contributed by atoms with Gasteiger partial charge in [0.25, 0.3) is 5.91 Å². The molecular weight excluding hydrogens is 536 g/mol. The van der Waals surface area contributed by atoms with Crippen molar-refractivity contribution in [2.45, 2.75) is 62.7 Å². The van der Waals surface area contributed by atoms with Crippen LogP contribution in [0.2, 0.25) is 5.02 Å². The number of aliphatic hydroxyl groups excluding tert-OH is 1. The van der Waals surface area contributed by atoms with Crippen LogP contribution >= 0.6 is 11.6 Å². The molecule has 40 heavy (non-hydrogen) atoms. The summed E-state index contributed by atoms with van der Waals surface area (Å²) in [6.07, 6.45) is 2.46. The first-order chi connectivity index (χ1) is 19.0. The molecule has 214 valence electrons. The van der Waals surface area contributed by atoms with Gasteiger partial charge in [0, 0.05) is 30.3 Å². The molecule has 6 rings (SSSR count). The van der Waals surface area contributed by atoms with Gasteiger partial charge >= 0.3 is 0 Å². The number of phenolic OH excluding ortho intramolecular Hbond substituents is 1. The lowest BCUT2D eigenvalue weighted by atomic mass is 9.53. The van der Waals surface area contributed by atoms with Crippen molar-refractivity contribution in [2.75, 3.05) is 32.6 Å². The van der Waals surface area contributed by atoms with Crippen molar-refractivity contribution < 1.29 is 34.3 Å². The number of likely N-dealkylation sites (tertiary alicyclic amines) is 1. The van der Waals surface area contributed by atoms with E-state index in [1.807, 2.05) is 13.0 Å². The van der Waals surface area contributed by atoms with E-state index in [0.717, 1.165) is 17.7 Å². The first-order valence-electron chi connectivity index (χ1n) is 13.6. The number of carbonyl (C=O) groups excluding carboxylic acids is 1. The Labute approximate surface area is 238 Å². The quantitative estimate of drug-likeness (QED) is 0.287. The smallest absolute Gasteiger partial charge is 0.254 e. The van der Waals surface area contributed by atoms with Gasteiger partial charge in [-0.25, -0.2) is 0 Å². The molecule has 2 heterocycles. The van der Waals surface area contributed by atoms with Gasteiger partial charge in [0.2, 0.25) is 0 Å². The second-order valence-electron chi connectivity index (χ2n) is 11.6. The van der Waals surface area contributed by atoms with Gasteiger partial charge in [-0.05, 0) is 63.6 Å². The second kappa shape index (κ2) is 9.46. The Balaban J connectivity index is 1.40. The van der Waals surface area contributed by atoms with Crippen LogP contribution in [0.15, 0.2) is 35.6 Å². The zero-order valence-corrected chi connectivity index (χ0v) is 23.8. The molecule has 0 unspecified atom stereocenters. The number of benzene rings is 2. The summed E-state index contributed by atoms with van der Waals surface area (Å²) in [7, 11) is 2.92. The summed E-state index contributed by atoms with van der Waals surface area (Å²) in [6, 6.07) is 6.37. The Hall–Kier alpha value is -3.14. The monoisotopic (exact) mass is 570 g/mol. The first-order valence-corrected chi connectivity index (χ1v) is 14.0. The van der Waals surface area contributed by atoms with E-state index >= 15 is 0 Å². The molecule has 2 aromatic carbocycles. The standard InChI is InChI=1S/C30H35ClN2O7/c1-15(28(36)32-19-13-21(38-3)18(31)12-22(19)39-4)25(35)27-30-9-10-33(14-16-5-6-16)23(29(30,2)37)11-17-7-8-20(34)26(40-27)24(17)30/h7-8,12-13,16,23,27,34-35,37H,5-6,9-11,14H2,1-4H3,(H,32,36)/b25-15-/t23-,27+,29-,30+/m1/s1. The summed E-state index contributed by atoms with van der Waals surface area (Å²) >= 11 is 6.21. The van der Waals surface area contributed by atoms with Gasteiger partial charge in [-0.15, -0.1) is 0 Å². The maximum atomic E-state index is 13.5. The van der Waals surface area contributed by atoms with Crippen LogP contribution in [-0.2, 0) is 16.6 Å². The molecule has 2 bridgehead atoms. The van der Waals surface area contributed by atoms with Crippen molar-refractivity contribution in [3.63, 3.8) is 0 Å². The van der Waals surface area contributed by atoms with E-state index in [2.05, 4.69) is 10.2 Å². The zero-order valence-electron chi connectivity index (χ0n) is 23.1. The Morgan fingerprint density at radius 3 is 2.62 bits per heavy atom. The number of anilines is 1. The van der Waals surface area contributed by atoms with E-state index in [-0.39, 0.29) is 28.9 Å². The van der Waals surface area contributed by atoms with E-state index < -0.39 is 23.0 Å². The van der Waals surface area contributed by atoms with Crippen LogP contribution in [-0.4, -0.2) is 71.2 Å². The molecule has 1 saturated carbocycles. The number of aromatic hydroxyl groups is 1. The third kappa shape index (κ3) is 3.85. The van der Waals surface area contributed by atoms with Crippen molar-refractivity contribution in [1.82, 2.24) is 4.90 Å². The molecule has 2 aliphatic carbocycles. The number of hydrogen-bond acceptors (Lipinski definition) is 8. The lowest BCUT2D eigenvalue weighted by molar-refractivity contribution is -0.153. The fourth-order valence-electron chi connectivity index (χ4n) is 7.06. The van der Waals surface area contributed by atoms with Gasteiger partial charge in [0.1, 0.15) is 17.3 Å². The molecule has 4 atom stereocenters. The number of methoxy groups -OCH3 is 2. The summed E-state index contributed by atoms with van der Waals surface area (Å²) in [5.41, 5.74) is -0.301. The SMILES string of the molecule is COc1cc(NC(=O)/C(C)=C(\O)[C@@H]2Oc3c(O)ccc4c3[C@@]23CCN(CC2CC2)[C@H](C4)[C@@]3(C)O)c(OC)cc1Cl. The molecular formula is C30H35ClN2O7. The van der Waals surface area contributed by atoms with E-state index in [4.69, 9.17) is 25.8 Å². The number of piperidine rings is 1. The van der Waals surface area contributed by atoms with Crippen molar-refractivity contribution in [2.24, 2.45) is 5.92 Å². The maximum absolute atomic E-state index is 13.5. The number of aliphatic hydroxyl groups is 2. The Kier molecular flexibility index (Phi) is 6.40. The van der Waals surface area contributed by atoms with E-state index in [0.29, 0.717) is 47.5 Å². The number of halogens is 1. The molecule has 2 aliphatic heterocycles. The Morgan fingerprint density at radius 2 is 1.95 bits per heavy atom. The fourth-order valence-corrected chi connectivity index (χ4v) is 7.29. The lowest BCUT2D eigenvalue weighted by Gasteiger charge is -2.59. The predicted molar refractivity (Wildman–Crippen MR) is 150 cm³/mol. The summed E-state index contributed by atoms with van der Waals surface area (Å²) < 4.78 is 17.0. The number of ether oxygens (including phenoxy) is 3. The van der Waals surface area contributed by atoms with E-state index in [1.165, 1.54) is 40.1 Å². The van der Waals surface area contributed by atoms with E-state index in [9.17, 15) is 20.1 Å². The molecule has 4 aliphatic rings. The number of amides is 1. The van der Waals surface area contributed by atoms with E-state index in [1.54, 1.807) is 12.1 Å². The average Bonchev–Trinajstić information content (AvgIpc) is 3.67. The molecule has 2 fully saturated rings. The predicted octanol–water partition coefficient (Wildman–Crippen LogP) is 4.32. The summed E-state index contributed by atoms with van der Waals surface area (Å²) in [5, 5.41) is 37.9. The molecule has 0 aromatic heterocycles. The highest BCUT2D eigenvalue weighted by Gasteiger charge is 2.69. The molecule has 9 nitrogen and oxygen atoms in total. The molecule has 4 N–H and O–H groups in total. The third-order valence-corrected chi connectivity index (χ3v) is 9.73. The lowest BCUT2D eigenvalue weighted by Crippen LogP contribution is -2.73. The molecule has 2 aromatic rings. The third-order valence-electron chi connectivity index (χ3n) is 9.44. The molecule has 0 radical (unpaired) electrons. The highest BCUT2D eigenvalue weighted by atomic mass is 35.5. The largest absolute Gasteiger partial charge is 0.508 e. The Morgan fingerprint density at radius 1 is 1.23 bits per heavy atom. The first kappa shape index (κ1) is 27.1. The van der Waals surface area contributed by atoms with Gasteiger partial charge < -0.3 is 34.8 Å². The van der Waals surface area contributed by atoms with Crippen LogP contribution in [0.1, 0.15) is 44.2 Å². The van der Waals surface area contributed by atoms with Crippen LogP contribution < -0.4 is 19.5 Å². The minimum Gasteiger partial charge on any atom is -0.508 e. The number of nitrogens with zero attached hydrogens (tertiary/aromatic N) is 1. The maximum Gasteiger partial charge on any atom is 0.254 e. The molecule has 1 saturated heterocycles. The van der Waals surface area contributed by atoms with Crippen molar-refractivity contribution in [1.29, 1.82) is 0 Å². The Bertz CT molecular complexity index is 1420. The second-order valence-corrected chi connectivity index (χ2v) is 12.0.